The third-order valence-electron chi connectivity index (χ3n) is 2.32. The predicted octanol–water partition coefficient (Wildman–Crippen LogP) is 3.25. The van der Waals surface area contributed by atoms with Crippen LogP contribution in [0.5, 0.6) is 0 Å². The van der Waals surface area contributed by atoms with E-state index in [1.807, 2.05) is 0 Å². The Labute approximate surface area is 112 Å². The maximum atomic E-state index is 12.9. The van der Waals surface area contributed by atoms with Crippen molar-refractivity contribution in [1.82, 2.24) is 0 Å². The average Bonchev–Trinajstić information content (AvgIpc) is 2.79. The second-order valence-electron chi connectivity index (χ2n) is 3.65. The molecule has 1 aromatic heterocycles. The second-order valence-corrected chi connectivity index (χ2v) is 5.05. The molecule has 94 valence electrons. The van der Waals surface area contributed by atoms with Gasteiger partial charge in [-0.05, 0) is 24.3 Å². The van der Waals surface area contributed by atoms with Crippen molar-refractivity contribution in [2.24, 2.45) is 5.73 Å². The van der Waals surface area contributed by atoms with Crippen LogP contribution in [0.1, 0.15) is 15.2 Å². The number of carbonyl (C=O) groups is 1. The fraction of sp³-hybridized carbons (Fsp3) is 0.0833. The molecule has 0 aliphatic rings. The SMILES string of the molecule is NC(=O)c1csc(CNc2ccc(F)c(Cl)c2)c1. The van der Waals surface area contributed by atoms with Crippen LogP contribution in [0, 0.1) is 5.82 Å². The van der Waals surface area contributed by atoms with E-state index in [9.17, 15) is 9.18 Å². The van der Waals surface area contributed by atoms with E-state index in [1.54, 1.807) is 17.5 Å². The zero-order valence-electron chi connectivity index (χ0n) is 9.24. The lowest BCUT2D eigenvalue weighted by molar-refractivity contribution is 0.100. The summed E-state index contributed by atoms with van der Waals surface area (Å²) in [6.45, 7) is 0.528. The Morgan fingerprint density at radius 2 is 2.22 bits per heavy atom. The molecular weight excluding hydrogens is 275 g/mol. The molecule has 3 nitrogen and oxygen atoms in total. The molecule has 0 fully saturated rings. The molecule has 0 radical (unpaired) electrons. The van der Waals surface area contributed by atoms with Crippen molar-refractivity contribution in [3.8, 4) is 0 Å². The maximum Gasteiger partial charge on any atom is 0.249 e. The Bertz CT molecular complexity index is 585. The Morgan fingerprint density at radius 1 is 1.44 bits per heavy atom. The van der Waals surface area contributed by atoms with Crippen molar-refractivity contribution in [3.63, 3.8) is 0 Å². The number of nitrogens with one attached hydrogen (secondary N) is 1. The van der Waals surface area contributed by atoms with Crippen LogP contribution < -0.4 is 11.1 Å². The van der Waals surface area contributed by atoms with E-state index in [4.69, 9.17) is 17.3 Å². The van der Waals surface area contributed by atoms with Gasteiger partial charge in [0.1, 0.15) is 5.82 Å². The van der Waals surface area contributed by atoms with Crippen molar-refractivity contribution in [2.75, 3.05) is 5.32 Å². The Hall–Kier alpha value is -1.59. The van der Waals surface area contributed by atoms with Crippen LogP contribution in [0.4, 0.5) is 10.1 Å². The van der Waals surface area contributed by atoms with Crippen molar-refractivity contribution in [2.45, 2.75) is 6.54 Å². The summed E-state index contributed by atoms with van der Waals surface area (Å²) >= 11 is 7.10. The Balaban J connectivity index is 2.02. The topological polar surface area (TPSA) is 55.1 Å². The van der Waals surface area contributed by atoms with Crippen molar-refractivity contribution in [3.05, 3.63) is 50.9 Å². The Kier molecular flexibility index (Phi) is 3.84. The van der Waals surface area contributed by atoms with Crippen LogP contribution in [-0.2, 0) is 6.54 Å². The van der Waals surface area contributed by atoms with Gasteiger partial charge in [0.05, 0.1) is 10.6 Å². The van der Waals surface area contributed by atoms with Crippen molar-refractivity contribution < 1.29 is 9.18 Å². The molecule has 0 unspecified atom stereocenters. The van der Waals surface area contributed by atoms with Crippen LogP contribution in [0.2, 0.25) is 5.02 Å². The molecule has 1 amide bonds. The molecular formula is C12H10ClFN2OS. The van der Waals surface area contributed by atoms with Crippen molar-refractivity contribution >= 4 is 34.5 Å². The third-order valence-corrected chi connectivity index (χ3v) is 3.55. The molecule has 1 aromatic carbocycles. The van der Waals surface area contributed by atoms with Crippen LogP contribution in [0.3, 0.4) is 0 Å². The molecule has 0 saturated heterocycles. The molecule has 1 heterocycles. The lowest BCUT2D eigenvalue weighted by atomic mass is 10.3. The van der Waals surface area contributed by atoms with E-state index in [1.165, 1.54) is 23.5 Å². The number of amides is 1. The fourth-order valence-corrected chi connectivity index (χ4v) is 2.39. The quantitative estimate of drug-likeness (QED) is 0.905. The van der Waals surface area contributed by atoms with E-state index >= 15 is 0 Å². The molecule has 0 atom stereocenters. The number of hydrogen-bond donors (Lipinski definition) is 2. The summed E-state index contributed by atoms with van der Waals surface area (Å²) < 4.78 is 12.9. The van der Waals surface area contributed by atoms with Gasteiger partial charge in [0.2, 0.25) is 5.91 Å². The maximum absolute atomic E-state index is 12.9. The van der Waals surface area contributed by atoms with Crippen LogP contribution >= 0.6 is 22.9 Å². The van der Waals surface area contributed by atoms with Gasteiger partial charge in [0, 0.05) is 22.5 Å². The highest BCUT2D eigenvalue weighted by molar-refractivity contribution is 7.10. The smallest absolute Gasteiger partial charge is 0.249 e. The minimum absolute atomic E-state index is 0.0732. The zero-order chi connectivity index (χ0) is 13.1. The number of primary amides is 1. The number of thiophene rings is 1. The summed E-state index contributed by atoms with van der Waals surface area (Å²) in [6.07, 6.45) is 0. The first kappa shape index (κ1) is 12.9. The molecule has 2 rings (SSSR count). The van der Waals surface area contributed by atoms with E-state index < -0.39 is 11.7 Å². The van der Waals surface area contributed by atoms with Crippen molar-refractivity contribution in [1.29, 1.82) is 0 Å². The summed E-state index contributed by atoms with van der Waals surface area (Å²) in [5, 5.41) is 4.87. The lowest BCUT2D eigenvalue weighted by Gasteiger charge is -2.05. The fourth-order valence-electron chi connectivity index (χ4n) is 1.40. The van der Waals surface area contributed by atoms with Crippen LogP contribution in [0.25, 0.3) is 0 Å². The molecule has 0 bridgehead atoms. The zero-order valence-corrected chi connectivity index (χ0v) is 10.8. The first-order valence-electron chi connectivity index (χ1n) is 5.12. The highest BCUT2D eigenvalue weighted by Gasteiger charge is 2.05. The van der Waals surface area contributed by atoms with Crippen LogP contribution in [0.15, 0.2) is 29.6 Å². The molecule has 0 aliphatic carbocycles. The highest BCUT2D eigenvalue weighted by Crippen LogP contribution is 2.21. The van der Waals surface area contributed by atoms with Gasteiger partial charge < -0.3 is 11.1 Å². The van der Waals surface area contributed by atoms with Gasteiger partial charge in [0.15, 0.2) is 0 Å². The van der Waals surface area contributed by atoms with Gasteiger partial charge >= 0.3 is 0 Å². The molecule has 0 aliphatic heterocycles. The number of carbonyl (C=O) groups excluding carboxylic acids is 1. The molecule has 0 spiro atoms. The second kappa shape index (κ2) is 5.37. The summed E-state index contributed by atoms with van der Waals surface area (Å²) in [5.41, 5.74) is 6.37. The average molecular weight is 285 g/mol. The highest BCUT2D eigenvalue weighted by atomic mass is 35.5. The number of halogens is 2. The molecule has 2 aromatic rings. The summed E-state index contributed by atoms with van der Waals surface area (Å²) in [6, 6.07) is 6.14. The standard InChI is InChI=1S/C12H10ClFN2OS/c13-10-4-8(1-2-11(10)14)16-5-9-3-7(6-18-9)12(15)17/h1-4,6,16H,5H2,(H2,15,17). The number of benzene rings is 1. The first-order valence-corrected chi connectivity index (χ1v) is 6.38. The van der Waals surface area contributed by atoms with Gasteiger partial charge in [0.25, 0.3) is 0 Å². The Morgan fingerprint density at radius 3 is 2.83 bits per heavy atom. The summed E-state index contributed by atoms with van der Waals surface area (Å²) in [4.78, 5) is 11.9. The third kappa shape index (κ3) is 3.00. The van der Waals surface area contributed by atoms with E-state index in [0.29, 0.717) is 12.1 Å². The molecule has 3 N–H and O–H groups in total. The number of nitrogens with two attached hydrogens (primary N) is 1. The van der Waals surface area contributed by atoms with Gasteiger partial charge in [-0.2, -0.15) is 0 Å². The number of anilines is 1. The number of rotatable bonds is 4. The van der Waals surface area contributed by atoms with E-state index in [0.717, 1.165) is 10.6 Å². The normalized spacial score (nSPS) is 10.3. The molecule has 6 heteroatoms. The van der Waals surface area contributed by atoms with Gasteiger partial charge in [-0.3, -0.25) is 4.79 Å². The van der Waals surface area contributed by atoms with Gasteiger partial charge in [-0.15, -0.1) is 11.3 Å². The minimum atomic E-state index is -0.450. The monoisotopic (exact) mass is 284 g/mol. The summed E-state index contributed by atoms with van der Waals surface area (Å²) in [5.74, 6) is -0.892. The minimum Gasteiger partial charge on any atom is -0.380 e. The predicted molar refractivity (Wildman–Crippen MR) is 71.6 cm³/mol. The van der Waals surface area contributed by atoms with E-state index in [2.05, 4.69) is 5.32 Å². The van der Waals surface area contributed by atoms with E-state index in [-0.39, 0.29) is 5.02 Å². The first-order chi connectivity index (χ1) is 8.56. The van der Waals surface area contributed by atoms with Gasteiger partial charge in [-0.1, -0.05) is 11.6 Å². The number of hydrogen-bond acceptors (Lipinski definition) is 3. The largest absolute Gasteiger partial charge is 0.380 e. The summed E-state index contributed by atoms with van der Waals surface area (Å²) in [7, 11) is 0. The lowest BCUT2D eigenvalue weighted by Crippen LogP contribution is -2.09. The van der Waals surface area contributed by atoms with Gasteiger partial charge in [-0.25, -0.2) is 4.39 Å². The molecule has 0 saturated carbocycles. The molecule has 18 heavy (non-hydrogen) atoms. The van der Waals surface area contributed by atoms with Crippen LogP contribution in [-0.4, -0.2) is 5.91 Å².